The highest BCUT2D eigenvalue weighted by molar-refractivity contribution is 8.13. The second kappa shape index (κ2) is 6.84. The molecular weight excluding hydrogens is 266 g/mol. The standard InChI is InChI=1S/C13H13NO4S/c1-9(15)12-6-5-11(13(8-12)14(17)18)4-3-7-19-10(2)16/h3-6,8H,7H2,1-2H3. The molecule has 0 N–H and O–H groups in total. The van der Waals surface area contributed by atoms with E-state index in [9.17, 15) is 19.7 Å². The van der Waals surface area contributed by atoms with Gasteiger partial charge in [-0.25, -0.2) is 0 Å². The highest BCUT2D eigenvalue weighted by atomic mass is 32.2. The summed E-state index contributed by atoms with van der Waals surface area (Å²) in [6.45, 7) is 2.82. The van der Waals surface area contributed by atoms with Gasteiger partial charge < -0.3 is 0 Å². The minimum absolute atomic E-state index is 0.00826. The van der Waals surface area contributed by atoms with Crippen LogP contribution in [0.2, 0.25) is 0 Å². The van der Waals surface area contributed by atoms with Crippen molar-refractivity contribution in [3.63, 3.8) is 0 Å². The molecule has 1 aromatic carbocycles. The average molecular weight is 279 g/mol. The maximum absolute atomic E-state index is 11.2. The van der Waals surface area contributed by atoms with Crippen LogP contribution in [0.15, 0.2) is 24.3 Å². The van der Waals surface area contributed by atoms with Crippen molar-refractivity contribution < 1.29 is 14.5 Å². The molecule has 0 atom stereocenters. The molecule has 0 bridgehead atoms. The first-order valence-corrected chi connectivity index (χ1v) is 6.49. The van der Waals surface area contributed by atoms with Gasteiger partial charge in [0.25, 0.3) is 5.69 Å². The van der Waals surface area contributed by atoms with Gasteiger partial charge in [0.05, 0.1) is 10.5 Å². The minimum atomic E-state index is -0.524. The number of carbonyl (C=O) groups is 2. The predicted molar refractivity (Wildman–Crippen MR) is 75.3 cm³/mol. The molecule has 0 fully saturated rings. The lowest BCUT2D eigenvalue weighted by atomic mass is 10.1. The van der Waals surface area contributed by atoms with Crippen molar-refractivity contribution >= 4 is 34.4 Å². The van der Waals surface area contributed by atoms with Gasteiger partial charge in [-0.1, -0.05) is 30.0 Å². The Hall–Kier alpha value is -1.95. The number of rotatable bonds is 5. The van der Waals surface area contributed by atoms with Gasteiger partial charge in [-0.15, -0.1) is 0 Å². The van der Waals surface area contributed by atoms with E-state index in [1.54, 1.807) is 18.2 Å². The molecule has 0 aliphatic rings. The van der Waals surface area contributed by atoms with Crippen LogP contribution in [0.4, 0.5) is 5.69 Å². The molecule has 0 unspecified atom stereocenters. The number of ketones is 1. The number of nitrogens with zero attached hydrogens (tertiary/aromatic N) is 1. The predicted octanol–water partition coefficient (Wildman–Crippen LogP) is 3.09. The number of nitro benzene ring substituents is 1. The second-order valence-corrected chi connectivity index (χ2v) is 4.99. The van der Waals surface area contributed by atoms with E-state index in [1.807, 2.05) is 0 Å². The van der Waals surface area contributed by atoms with Crippen molar-refractivity contribution in [1.29, 1.82) is 0 Å². The third-order valence-corrected chi connectivity index (χ3v) is 3.08. The Balaban J connectivity index is 2.97. The molecule has 19 heavy (non-hydrogen) atoms. The first-order chi connectivity index (χ1) is 8.91. The first-order valence-electron chi connectivity index (χ1n) is 5.51. The quantitative estimate of drug-likeness (QED) is 0.470. The Labute approximate surface area is 114 Å². The number of hydrogen-bond acceptors (Lipinski definition) is 5. The van der Waals surface area contributed by atoms with E-state index < -0.39 is 4.92 Å². The lowest BCUT2D eigenvalue weighted by Gasteiger charge is -2.00. The normalized spacial score (nSPS) is 10.6. The molecule has 0 aromatic heterocycles. The van der Waals surface area contributed by atoms with Crippen LogP contribution < -0.4 is 0 Å². The van der Waals surface area contributed by atoms with E-state index in [0.717, 1.165) is 11.8 Å². The summed E-state index contributed by atoms with van der Waals surface area (Å²) < 4.78 is 0. The topological polar surface area (TPSA) is 77.3 Å². The molecule has 0 aliphatic heterocycles. The Kier molecular flexibility index (Phi) is 5.44. The summed E-state index contributed by atoms with van der Waals surface area (Å²) >= 11 is 1.12. The molecule has 100 valence electrons. The van der Waals surface area contributed by atoms with Crippen molar-refractivity contribution in [2.75, 3.05) is 5.75 Å². The van der Waals surface area contributed by atoms with Gasteiger partial charge in [0, 0.05) is 24.3 Å². The van der Waals surface area contributed by atoms with Gasteiger partial charge in [-0.3, -0.25) is 19.7 Å². The van der Waals surface area contributed by atoms with E-state index in [0.29, 0.717) is 16.9 Å². The monoisotopic (exact) mass is 279 g/mol. The largest absolute Gasteiger partial charge is 0.295 e. The average Bonchev–Trinajstić information content (AvgIpc) is 2.34. The molecule has 0 radical (unpaired) electrons. The Morgan fingerprint density at radius 2 is 2.05 bits per heavy atom. The maximum atomic E-state index is 11.2. The van der Waals surface area contributed by atoms with Crippen molar-refractivity contribution in [2.24, 2.45) is 0 Å². The SMILES string of the molecule is CC(=O)SCC=Cc1ccc(C(C)=O)cc1[N+](=O)[O-]. The zero-order valence-electron chi connectivity index (χ0n) is 10.6. The molecule has 0 amide bonds. The van der Waals surface area contributed by atoms with E-state index in [-0.39, 0.29) is 16.6 Å². The van der Waals surface area contributed by atoms with Gasteiger partial charge in [-0.05, 0) is 13.0 Å². The molecule has 0 spiro atoms. The van der Waals surface area contributed by atoms with Crippen LogP contribution >= 0.6 is 11.8 Å². The van der Waals surface area contributed by atoms with Crippen molar-refractivity contribution in [2.45, 2.75) is 13.8 Å². The molecule has 1 aromatic rings. The van der Waals surface area contributed by atoms with Crippen LogP contribution in [0, 0.1) is 10.1 Å². The fourth-order valence-electron chi connectivity index (χ4n) is 1.40. The summed E-state index contributed by atoms with van der Waals surface area (Å²) in [6, 6.07) is 4.34. The summed E-state index contributed by atoms with van der Waals surface area (Å²) in [6.07, 6.45) is 3.26. The maximum Gasteiger partial charge on any atom is 0.277 e. The van der Waals surface area contributed by atoms with Crippen LogP contribution in [0.25, 0.3) is 6.08 Å². The molecule has 6 heteroatoms. The van der Waals surface area contributed by atoms with E-state index in [1.165, 1.54) is 26.0 Å². The number of thioether (sulfide) groups is 1. The summed E-state index contributed by atoms with van der Waals surface area (Å²) in [5.41, 5.74) is 0.609. The van der Waals surface area contributed by atoms with Crippen LogP contribution in [-0.2, 0) is 4.79 Å². The van der Waals surface area contributed by atoms with Crippen LogP contribution in [0.1, 0.15) is 29.8 Å². The van der Waals surface area contributed by atoms with Gasteiger partial charge >= 0.3 is 0 Å². The number of carbonyl (C=O) groups excluding carboxylic acids is 2. The number of benzene rings is 1. The molecule has 1 rings (SSSR count). The third-order valence-electron chi connectivity index (χ3n) is 2.31. The second-order valence-electron chi connectivity index (χ2n) is 3.79. The summed E-state index contributed by atoms with van der Waals surface area (Å²) in [4.78, 5) is 32.3. The molecule has 0 saturated heterocycles. The molecule has 0 aliphatic carbocycles. The van der Waals surface area contributed by atoms with Gasteiger partial charge in [0.1, 0.15) is 0 Å². The van der Waals surface area contributed by atoms with E-state index in [2.05, 4.69) is 0 Å². The zero-order chi connectivity index (χ0) is 14.4. The summed E-state index contributed by atoms with van der Waals surface area (Å²) in [7, 11) is 0. The fraction of sp³-hybridized carbons (Fsp3) is 0.231. The van der Waals surface area contributed by atoms with Crippen molar-refractivity contribution in [3.05, 3.63) is 45.5 Å². The molecular formula is C13H13NO4S. The zero-order valence-corrected chi connectivity index (χ0v) is 11.4. The lowest BCUT2D eigenvalue weighted by molar-refractivity contribution is -0.385. The van der Waals surface area contributed by atoms with E-state index in [4.69, 9.17) is 0 Å². The fourth-order valence-corrected chi connectivity index (χ4v) is 1.83. The Bertz CT molecular complexity index is 552. The first kappa shape index (κ1) is 15.1. The van der Waals surface area contributed by atoms with E-state index >= 15 is 0 Å². The lowest BCUT2D eigenvalue weighted by Crippen LogP contribution is -1.97. The smallest absolute Gasteiger partial charge is 0.277 e. The van der Waals surface area contributed by atoms with Gasteiger partial charge in [-0.2, -0.15) is 0 Å². The van der Waals surface area contributed by atoms with Crippen LogP contribution in [0.5, 0.6) is 0 Å². The Morgan fingerprint density at radius 3 is 2.58 bits per heavy atom. The van der Waals surface area contributed by atoms with Crippen LogP contribution in [0.3, 0.4) is 0 Å². The van der Waals surface area contributed by atoms with Crippen molar-refractivity contribution in [3.8, 4) is 0 Å². The Morgan fingerprint density at radius 1 is 1.37 bits per heavy atom. The number of Topliss-reactive ketones (excluding diaryl/α,β-unsaturated/α-hetero) is 1. The number of nitro groups is 1. The highest BCUT2D eigenvalue weighted by Gasteiger charge is 2.13. The molecule has 5 nitrogen and oxygen atoms in total. The van der Waals surface area contributed by atoms with Crippen molar-refractivity contribution in [1.82, 2.24) is 0 Å². The molecule has 0 heterocycles. The summed E-state index contributed by atoms with van der Waals surface area (Å²) in [5.74, 6) is 0.242. The molecule has 0 saturated carbocycles. The summed E-state index contributed by atoms with van der Waals surface area (Å²) in [5, 5.41) is 10.9. The number of hydrogen-bond donors (Lipinski definition) is 0. The third kappa shape index (κ3) is 4.67. The van der Waals surface area contributed by atoms with Gasteiger partial charge in [0.15, 0.2) is 10.9 Å². The van der Waals surface area contributed by atoms with Crippen LogP contribution in [-0.4, -0.2) is 21.6 Å². The highest BCUT2D eigenvalue weighted by Crippen LogP contribution is 2.22. The van der Waals surface area contributed by atoms with Gasteiger partial charge in [0.2, 0.25) is 0 Å². The minimum Gasteiger partial charge on any atom is -0.295 e.